The molecule has 2 heterocycles. The molecular weight excluding hydrogens is 192 g/mol. The predicted octanol–water partition coefficient (Wildman–Crippen LogP) is 0.637. The fourth-order valence-electron chi connectivity index (χ4n) is 1.44. The molecule has 0 fully saturated rings. The summed E-state index contributed by atoms with van der Waals surface area (Å²) in [7, 11) is 0. The lowest BCUT2D eigenvalue weighted by Gasteiger charge is -1.99. The van der Waals surface area contributed by atoms with E-state index in [4.69, 9.17) is 0 Å². The highest BCUT2D eigenvalue weighted by Gasteiger charge is 1.99. The third-order valence-corrected chi connectivity index (χ3v) is 2.17. The number of aryl methyl sites for hydroxylation is 1. The molecule has 78 valence electrons. The molecule has 0 radical (unpaired) electrons. The van der Waals surface area contributed by atoms with Crippen molar-refractivity contribution in [3.8, 4) is 0 Å². The Morgan fingerprint density at radius 2 is 2.40 bits per heavy atom. The van der Waals surface area contributed by atoms with Crippen molar-refractivity contribution >= 4 is 17.6 Å². The van der Waals surface area contributed by atoms with E-state index < -0.39 is 0 Å². The Hall–Kier alpha value is -1.91. The second-order valence-corrected chi connectivity index (χ2v) is 3.25. The van der Waals surface area contributed by atoms with Crippen LogP contribution in [0.4, 0.5) is 0 Å². The summed E-state index contributed by atoms with van der Waals surface area (Å²) in [6, 6.07) is 3.91. The van der Waals surface area contributed by atoms with Crippen LogP contribution in [0, 0.1) is 0 Å². The van der Waals surface area contributed by atoms with Gasteiger partial charge < -0.3 is 10.3 Å². The summed E-state index contributed by atoms with van der Waals surface area (Å²) in [6.45, 7) is 0.687. The maximum absolute atomic E-state index is 10.0. The van der Waals surface area contributed by atoms with E-state index in [1.165, 1.54) is 0 Å². The number of H-pyrrole nitrogens is 1. The average Bonchev–Trinajstić information content (AvgIpc) is 2.71. The molecule has 1 amide bonds. The number of carbonyl (C=O) groups is 1. The molecule has 2 aromatic heterocycles. The third kappa shape index (κ3) is 2.31. The molecule has 0 saturated heterocycles. The summed E-state index contributed by atoms with van der Waals surface area (Å²) in [4.78, 5) is 21.5. The van der Waals surface area contributed by atoms with Crippen molar-refractivity contribution in [1.29, 1.82) is 0 Å². The number of fused-ring (bicyclic) bond motifs is 1. The summed E-state index contributed by atoms with van der Waals surface area (Å²) < 4.78 is 0. The van der Waals surface area contributed by atoms with Crippen molar-refractivity contribution in [2.45, 2.75) is 12.8 Å². The molecule has 0 aliphatic rings. The number of nitrogens with zero attached hydrogens (tertiary/aromatic N) is 2. The molecular formula is C10H12N4O. The topological polar surface area (TPSA) is 70.7 Å². The first-order chi connectivity index (χ1) is 7.40. The smallest absolute Gasteiger partial charge is 0.207 e. The molecule has 0 atom stereocenters. The number of imidazole rings is 1. The number of amides is 1. The fourth-order valence-corrected chi connectivity index (χ4v) is 1.44. The minimum atomic E-state index is 0.687. The van der Waals surface area contributed by atoms with Crippen molar-refractivity contribution in [2.75, 3.05) is 6.54 Å². The molecule has 0 spiro atoms. The zero-order valence-corrected chi connectivity index (χ0v) is 8.23. The van der Waals surface area contributed by atoms with Gasteiger partial charge in [-0.05, 0) is 25.0 Å². The van der Waals surface area contributed by atoms with E-state index in [2.05, 4.69) is 20.3 Å². The Labute approximate surface area is 86.9 Å². The molecule has 15 heavy (non-hydrogen) atoms. The van der Waals surface area contributed by atoms with E-state index in [0.29, 0.717) is 13.0 Å². The quantitative estimate of drug-likeness (QED) is 0.554. The SMILES string of the molecule is O=CNCCCc1ccc2nc[nH]c2n1. The van der Waals surface area contributed by atoms with Crippen molar-refractivity contribution in [2.24, 2.45) is 0 Å². The number of hydrogen-bond donors (Lipinski definition) is 2. The lowest BCUT2D eigenvalue weighted by atomic mass is 10.2. The van der Waals surface area contributed by atoms with Crippen LogP contribution >= 0.6 is 0 Å². The predicted molar refractivity (Wildman–Crippen MR) is 56.3 cm³/mol. The molecule has 5 heteroatoms. The van der Waals surface area contributed by atoms with Crippen molar-refractivity contribution < 1.29 is 4.79 Å². The van der Waals surface area contributed by atoms with Crippen LogP contribution < -0.4 is 5.32 Å². The molecule has 0 aromatic carbocycles. The van der Waals surface area contributed by atoms with Crippen molar-refractivity contribution in [3.63, 3.8) is 0 Å². The van der Waals surface area contributed by atoms with Crippen LogP contribution in [-0.4, -0.2) is 27.9 Å². The van der Waals surface area contributed by atoms with Gasteiger partial charge >= 0.3 is 0 Å². The lowest BCUT2D eigenvalue weighted by Crippen LogP contribution is -2.12. The average molecular weight is 204 g/mol. The number of rotatable bonds is 5. The van der Waals surface area contributed by atoms with Crippen molar-refractivity contribution in [1.82, 2.24) is 20.3 Å². The number of aromatic amines is 1. The Bertz CT molecular complexity index is 451. The van der Waals surface area contributed by atoms with Crippen LogP contribution in [0.5, 0.6) is 0 Å². The summed E-state index contributed by atoms with van der Waals surface area (Å²) >= 11 is 0. The maximum Gasteiger partial charge on any atom is 0.207 e. The maximum atomic E-state index is 10.0. The molecule has 0 saturated carbocycles. The fraction of sp³-hybridized carbons (Fsp3) is 0.300. The summed E-state index contributed by atoms with van der Waals surface area (Å²) in [5.41, 5.74) is 2.71. The van der Waals surface area contributed by atoms with Gasteiger partial charge in [-0.15, -0.1) is 0 Å². The normalized spacial score (nSPS) is 10.4. The van der Waals surface area contributed by atoms with Crippen LogP contribution in [0.15, 0.2) is 18.5 Å². The Morgan fingerprint density at radius 3 is 3.27 bits per heavy atom. The number of pyridine rings is 1. The van der Waals surface area contributed by atoms with Crippen LogP contribution in [0.1, 0.15) is 12.1 Å². The molecule has 2 N–H and O–H groups in total. The van der Waals surface area contributed by atoms with Gasteiger partial charge in [-0.2, -0.15) is 0 Å². The number of carbonyl (C=O) groups excluding carboxylic acids is 1. The minimum absolute atomic E-state index is 0.687. The van der Waals surface area contributed by atoms with Crippen LogP contribution in [0.3, 0.4) is 0 Å². The Kier molecular flexibility index (Phi) is 2.92. The second-order valence-electron chi connectivity index (χ2n) is 3.25. The van der Waals surface area contributed by atoms with Gasteiger partial charge in [0.05, 0.1) is 6.33 Å². The van der Waals surface area contributed by atoms with E-state index >= 15 is 0 Å². The van der Waals surface area contributed by atoms with Gasteiger partial charge in [0.2, 0.25) is 6.41 Å². The minimum Gasteiger partial charge on any atom is -0.359 e. The summed E-state index contributed by atoms with van der Waals surface area (Å²) in [6.07, 6.45) is 4.10. The number of aromatic nitrogens is 3. The van der Waals surface area contributed by atoms with Gasteiger partial charge in [0.15, 0.2) is 5.65 Å². The Morgan fingerprint density at radius 1 is 1.47 bits per heavy atom. The van der Waals surface area contributed by atoms with Gasteiger partial charge in [-0.3, -0.25) is 4.79 Å². The molecule has 2 rings (SSSR count). The largest absolute Gasteiger partial charge is 0.359 e. The lowest BCUT2D eigenvalue weighted by molar-refractivity contribution is -0.109. The van der Waals surface area contributed by atoms with E-state index in [9.17, 15) is 4.79 Å². The third-order valence-electron chi connectivity index (χ3n) is 2.17. The van der Waals surface area contributed by atoms with Gasteiger partial charge in [-0.25, -0.2) is 9.97 Å². The van der Waals surface area contributed by atoms with Gasteiger partial charge in [0, 0.05) is 12.2 Å². The highest BCUT2D eigenvalue weighted by Crippen LogP contribution is 2.08. The molecule has 0 bridgehead atoms. The molecule has 2 aromatic rings. The Balaban J connectivity index is 1.98. The molecule has 0 aliphatic carbocycles. The molecule has 5 nitrogen and oxygen atoms in total. The van der Waals surface area contributed by atoms with Gasteiger partial charge in [0.25, 0.3) is 0 Å². The zero-order valence-electron chi connectivity index (χ0n) is 8.23. The highest BCUT2D eigenvalue weighted by molar-refractivity contribution is 5.69. The zero-order chi connectivity index (χ0) is 10.5. The summed E-state index contributed by atoms with van der Waals surface area (Å²) in [5, 5.41) is 2.62. The van der Waals surface area contributed by atoms with Crippen LogP contribution in [0.2, 0.25) is 0 Å². The monoisotopic (exact) mass is 204 g/mol. The second kappa shape index (κ2) is 4.54. The standard InChI is InChI=1S/C10H12N4O/c15-7-11-5-1-2-8-3-4-9-10(14-8)13-6-12-9/h3-4,6-7H,1-2,5H2,(H,11,15)(H,12,13,14). The highest BCUT2D eigenvalue weighted by atomic mass is 16.1. The van der Waals surface area contributed by atoms with E-state index in [1.54, 1.807) is 6.33 Å². The first-order valence-electron chi connectivity index (χ1n) is 4.86. The van der Waals surface area contributed by atoms with E-state index in [1.807, 2.05) is 12.1 Å². The number of hydrogen-bond acceptors (Lipinski definition) is 3. The van der Waals surface area contributed by atoms with Crippen molar-refractivity contribution in [3.05, 3.63) is 24.2 Å². The summed E-state index contributed by atoms with van der Waals surface area (Å²) in [5.74, 6) is 0. The molecule has 0 aliphatic heterocycles. The van der Waals surface area contributed by atoms with Gasteiger partial charge in [-0.1, -0.05) is 0 Å². The van der Waals surface area contributed by atoms with Crippen LogP contribution in [0.25, 0.3) is 11.2 Å². The van der Waals surface area contributed by atoms with Crippen LogP contribution in [-0.2, 0) is 11.2 Å². The molecule has 0 unspecified atom stereocenters. The van der Waals surface area contributed by atoms with E-state index in [0.717, 1.165) is 29.7 Å². The first-order valence-corrected chi connectivity index (χ1v) is 4.86. The first kappa shape index (κ1) is 9.64. The number of nitrogens with one attached hydrogen (secondary N) is 2. The van der Waals surface area contributed by atoms with E-state index in [-0.39, 0.29) is 0 Å². The van der Waals surface area contributed by atoms with Gasteiger partial charge in [0.1, 0.15) is 5.52 Å².